The normalized spacial score (nSPS) is 13.3. The second-order valence-corrected chi connectivity index (χ2v) is 11.9. The molecule has 4 aromatic rings. The average molecular weight is 622 g/mol. The molecule has 0 radical (unpaired) electrons. The fourth-order valence-corrected chi connectivity index (χ4v) is 5.20. The summed E-state index contributed by atoms with van der Waals surface area (Å²) < 4.78 is 17.7. The summed E-state index contributed by atoms with van der Waals surface area (Å²) in [4.78, 5) is 55.8. The Kier molecular flexibility index (Phi) is 9.46. The maximum absolute atomic E-state index is 13.4. The van der Waals surface area contributed by atoms with Gasteiger partial charge in [0, 0.05) is 30.2 Å². The lowest BCUT2D eigenvalue weighted by atomic mass is 9.98. The predicted molar refractivity (Wildman–Crippen MR) is 170 cm³/mol. The number of ether oxygens (including phenoxy) is 3. The van der Waals surface area contributed by atoms with Gasteiger partial charge in [-0.2, -0.15) is 0 Å². The van der Waals surface area contributed by atoms with E-state index in [9.17, 15) is 19.2 Å². The van der Waals surface area contributed by atoms with Crippen molar-refractivity contribution in [2.24, 2.45) is 0 Å². The minimum atomic E-state index is -1.26. The monoisotopic (exact) mass is 621 g/mol. The first kappa shape index (κ1) is 31.9. The lowest BCUT2D eigenvalue weighted by Crippen LogP contribution is -2.44. The van der Waals surface area contributed by atoms with Gasteiger partial charge < -0.3 is 19.5 Å². The summed E-state index contributed by atoms with van der Waals surface area (Å²) in [7, 11) is 0. The quantitative estimate of drug-likeness (QED) is 0.0744. The highest BCUT2D eigenvalue weighted by Gasteiger charge is 2.31. The van der Waals surface area contributed by atoms with Crippen molar-refractivity contribution in [1.82, 2.24) is 14.9 Å². The minimum absolute atomic E-state index is 0.0393. The molecule has 0 bridgehead atoms. The number of nitrogens with one attached hydrogen (secondary N) is 1. The molecule has 0 aliphatic heterocycles. The molecule has 236 valence electrons. The van der Waals surface area contributed by atoms with Crippen molar-refractivity contribution < 1.29 is 33.4 Å². The van der Waals surface area contributed by atoms with E-state index in [2.05, 4.69) is 10.3 Å². The molecule has 0 fully saturated rings. The van der Waals surface area contributed by atoms with E-state index < -0.39 is 29.8 Å². The van der Waals surface area contributed by atoms with Gasteiger partial charge in [-0.15, -0.1) is 0 Å². The highest BCUT2D eigenvalue weighted by molar-refractivity contribution is 6.04. The molecule has 0 saturated heterocycles. The average Bonchev–Trinajstić information content (AvgIpc) is 3.62. The van der Waals surface area contributed by atoms with Crippen LogP contribution in [0.15, 0.2) is 103 Å². The summed E-state index contributed by atoms with van der Waals surface area (Å²) in [5.74, 6) is -1.32. The standard InChI is InChI=1S/C36H35N3O7/c1-23(18-32(40)24-12-6-5-7-13-24)45-33(41)31(19-25-20-39(22-37-25)35(43)46-36(2,3)4)38-34(42)44-21-30-28-16-10-8-14-26(28)27-15-9-11-17-29(27)30/h5-18,20,22,30-31H,19,21H2,1-4H3,(H,38,42)/b23-18+/t31-/m0/s1. The number of aromatic nitrogens is 2. The van der Waals surface area contributed by atoms with Crippen LogP contribution in [-0.4, -0.2) is 51.7 Å². The summed E-state index contributed by atoms with van der Waals surface area (Å²) in [6.07, 6.45) is 2.27. The van der Waals surface area contributed by atoms with Crippen molar-refractivity contribution in [1.29, 1.82) is 0 Å². The van der Waals surface area contributed by atoms with Crippen molar-refractivity contribution in [3.63, 3.8) is 0 Å². The molecule has 1 aliphatic carbocycles. The van der Waals surface area contributed by atoms with E-state index in [0.29, 0.717) is 11.3 Å². The van der Waals surface area contributed by atoms with Crippen LogP contribution >= 0.6 is 0 Å². The second-order valence-electron chi connectivity index (χ2n) is 11.9. The first-order valence-electron chi connectivity index (χ1n) is 14.9. The van der Waals surface area contributed by atoms with Crippen molar-refractivity contribution in [2.45, 2.75) is 51.7 Å². The number of imidazole rings is 1. The summed E-state index contributed by atoms with van der Waals surface area (Å²) in [6, 6.07) is 23.2. The van der Waals surface area contributed by atoms with Crippen LogP contribution in [0.2, 0.25) is 0 Å². The van der Waals surface area contributed by atoms with Gasteiger partial charge in [0.05, 0.1) is 5.69 Å². The molecule has 1 aliphatic rings. The molecular weight excluding hydrogens is 586 g/mol. The molecule has 1 N–H and O–H groups in total. The highest BCUT2D eigenvalue weighted by Crippen LogP contribution is 2.44. The number of ketones is 1. The third kappa shape index (κ3) is 7.76. The van der Waals surface area contributed by atoms with Crippen molar-refractivity contribution in [3.8, 4) is 11.1 Å². The number of alkyl carbamates (subject to hydrolysis) is 1. The molecule has 5 rings (SSSR count). The number of allylic oxidation sites excluding steroid dienone is 2. The van der Waals surface area contributed by atoms with Gasteiger partial charge in [-0.25, -0.2) is 23.9 Å². The Morgan fingerprint density at radius 3 is 2.15 bits per heavy atom. The number of amides is 1. The number of benzene rings is 3. The number of carbonyl (C=O) groups is 4. The summed E-state index contributed by atoms with van der Waals surface area (Å²) in [6.45, 7) is 6.74. The zero-order valence-electron chi connectivity index (χ0n) is 26.1. The van der Waals surface area contributed by atoms with Crippen LogP contribution in [0.4, 0.5) is 9.59 Å². The van der Waals surface area contributed by atoms with E-state index in [0.717, 1.165) is 26.8 Å². The van der Waals surface area contributed by atoms with Gasteiger partial charge >= 0.3 is 18.2 Å². The number of fused-ring (bicyclic) bond motifs is 3. The van der Waals surface area contributed by atoms with E-state index in [1.54, 1.807) is 51.1 Å². The van der Waals surface area contributed by atoms with Gasteiger partial charge in [0.25, 0.3) is 0 Å². The molecule has 1 heterocycles. The van der Waals surface area contributed by atoms with Crippen LogP contribution < -0.4 is 5.32 Å². The highest BCUT2D eigenvalue weighted by atomic mass is 16.6. The summed E-state index contributed by atoms with van der Waals surface area (Å²) in [5, 5.41) is 2.59. The molecule has 3 aromatic carbocycles. The van der Waals surface area contributed by atoms with Gasteiger partial charge in [0.15, 0.2) is 5.78 Å². The zero-order valence-corrected chi connectivity index (χ0v) is 26.1. The Morgan fingerprint density at radius 2 is 1.52 bits per heavy atom. The molecule has 10 heteroatoms. The van der Waals surface area contributed by atoms with E-state index >= 15 is 0 Å². The van der Waals surface area contributed by atoms with Gasteiger partial charge in [-0.3, -0.25) is 4.79 Å². The van der Waals surface area contributed by atoms with Crippen LogP contribution in [0.5, 0.6) is 0 Å². The van der Waals surface area contributed by atoms with Gasteiger partial charge in [-0.1, -0.05) is 78.9 Å². The fraction of sp³-hybridized carbons (Fsp3) is 0.250. The summed E-state index contributed by atoms with van der Waals surface area (Å²) >= 11 is 0. The van der Waals surface area contributed by atoms with Gasteiger partial charge in [0.2, 0.25) is 0 Å². The van der Waals surface area contributed by atoms with Crippen LogP contribution in [0.1, 0.15) is 60.8 Å². The van der Waals surface area contributed by atoms with E-state index in [-0.39, 0.29) is 30.5 Å². The molecule has 1 atom stereocenters. The Balaban J connectivity index is 1.30. The molecule has 10 nitrogen and oxygen atoms in total. The maximum Gasteiger partial charge on any atom is 0.419 e. The maximum atomic E-state index is 13.4. The van der Waals surface area contributed by atoms with Crippen molar-refractivity contribution in [3.05, 3.63) is 126 Å². The SMILES string of the molecule is C/C(=C\C(=O)c1ccccc1)OC(=O)[C@H](Cc1cn(C(=O)OC(C)(C)C)cn1)NC(=O)OCC1c2ccccc2-c2ccccc21. The lowest BCUT2D eigenvalue weighted by molar-refractivity contribution is -0.141. The first-order chi connectivity index (χ1) is 22.0. The molecule has 1 amide bonds. The first-order valence-corrected chi connectivity index (χ1v) is 14.9. The Morgan fingerprint density at radius 1 is 0.913 bits per heavy atom. The van der Waals surface area contributed by atoms with Crippen molar-refractivity contribution >= 4 is 23.9 Å². The van der Waals surface area contributed by atoms with Gasteiger partial charge in [0.1, 0.15) is 30.3 Å². The van der Waals surface area contributed by atoms with Crippen LogP contribution in [0.3, 0.4) is 0 Å². The Hall–Kier alpha value is -5.51. The third-order valence-corrected chi connectivity index (χ3v) is 7.23. The number of carbonyl (C=O) groups excluding carboxylic acids is 4. The molecule has 1 aromatic heterocycles. The van der Waals surface area contributed by atoms with E-state index in [1.807, 2.05) is 48.5 Å². The number of esters is 1. The largest absolute Gasteiger partial charge is 0.449 e. The summed E-state index contributed by atoms with van der Waals surface area (Å²) in [5.41, 5.74) is 4.28. The lowest BCUT2D eigenvalue weighted by Gasteiger charge is -2.19. The van der Waals surface area contributed by atoms with Crippen LogP contribution in [0, 0.1) is 0 Å². The molecule has 0 spiro atoms. The molecule has 46 heavy (non-hydrogen) atoms. The zero-order chi connectivity index (χ0) is 32.8. The Labute approximate surface area is 267 Å². The number of hydrogen-bond acceptors (Lipinski definition) is 8. The predicted octanol–water partition coefficient (Wildman–Crippen LogP) is 6.45. The number of nitrogens with zero attached hydrogens (tertiary/aromatic N) is 2. The molecule has 0 unspecified atom stereocenters. The van der Waals surface area contributed by atoms with E-state index in [1.165, 1.54) is 25.5 Å². The third-order valence-electron chi connectivity index (χ3n) is 7.23. The minimum Gasteiger partial charge on any atom is -0.449 e. The van der Waals surface area contributed by atoms with Crippen molar-refractivity contribution in [2.75, 3.05) is 6.61 Å². The van der Waals surface area contributed by atoms with E-state index in [4.69, 9.17) is 14.2 Å². The topological polar surface area (TPSA) is 126 Å². The fourth-order valence-electron chi connectivity index (χ4n) is 5.20. The molecule has 0 saturated carbocycles. The second kappa shape index (κ2) is 13.6. The molecular formula is C36H35N3O7. The van der Waals surface area contributed by atoms with Crippen LogP contribution in [-0.2, 0) is 25.4 Å². The van der Waals surface area contributed by atoms with Crippen LogP contribution in [0.25, 0.3) is 11.1 Å². The smallest absolute Gasteiger partial charge is 0.419 e. The number of hydrogen-bond donors (Lipinski definition) is 1. The number of rotatable bonds is 9. The Bertz CT molecular complexity index is 1740. The van der Waals surface area contributed by atoms with Gasteiger partial charge in [-0.05, 0) is 49.9 Å².